The molecule has 98 valence electrons. The van der Waals surface area contributed by atoms with Crippen molar-refractivity contribution in [3.63, 3.8) is 0 Å². The maximum atomic E-state index is 8.65. The van der Waals surface area contributed by atoms with E-state index in [4.69, 9.17) is 9.84 Å². The Kier molecular flexibility index (Phi) is 9.55. The monoisotopic (exact) mass is 323 g/mol. The summed E-state index contributed by atoms with van der Waals surface area (Å²) in [5.41, 5.74) is 1.17. The van der Waals surface area contributed by atoms with Crippen LogP contribution in [0.1, 0.15) is 18.9 Å². The van der Waals surface area contributed by atoms with E-state index >= 15 is 0 Å². The molecule has 0 aliphatic heterocycles. The van der Waals surface area contributed by atoms with Gasteiger partial charge in [-0.2, -0.15) is 0 Å². The van der Waals surface area contributed by atoms with Crippen LogP contribution in [0.4, 0.5) is 0 Å². The van der Waals surface area contributed by atoms with Gasteiger partial charge >= 0.3 is 0 Å². The molecule has 1 aromatic rings. The number of rotatable bonds is 7. The first-order valence-electron chi connectivity index (χ1n) is 5.50. The van der Waals surface area contributed by atoms with Gasteiger partial charge in [-0.1, -0.05) is 13.0 Å². The Labute approximate surface area is 117 Å². The average Bonchev–Trinajstić information content (AvgIpc) is 2.28. The van der Waals surface area contributed by atoms with Gasteiger partial charge in [0.05, 0.1) is 17.7 Å². The van der Waals surface area contributed by atoms with Crippen molar-refractivity contribution in [3.05, 3.63) is 28.2 Å². The summed E-state index contributed by atoms with van der Waals surface area (Å²) in [6.45, 7) is 4.36. The van der Waals surface area contributed by atoms with Crippen LogP contribution in [0.2, 0.25) is 0 Å². The Balaban J connectivity index is 0.00000256. The summed E-state index contributed by atoms with van der Waals surface area (Å²) >= 11 is 3.48. The minimum Gasteiger partial charge on any atom is -0.492 e. The topological polar surface area (TPSA) is 41.5 Å². The van der Waals surface area contributed by atoms with Gasteiger partial charge in [0, 0.05) is 13.1 Å². The molecular weight excluding hydrogens is 305 g/mol. The molecule has 0 saturated carbocycles. The number of nitrogens with one attached hydrogen (secondary N) is 1. The van der Waals surface area contributed by atoms with Crippen LogP contribution < -0.4 is 10.1 Å². The van der Waals surface area contributed by atoms with Crippen LogP contribution in [0, 0.1) is 0 Å². The summed E-state index contributed by atoms with van der Waals surface area (Å²) in [7, 11) is 0. The molecule has 0 unspecified atom stereocenters. The second-order valence-corrected chi connectivity index (χ2v) is 4.37. The van der Waals surface area contributed by atoms with Crippen molar-refractivity contribution in [3.8, 4) is 5.75 Å². The molecule has 0 atom stereocenters. The standard InChI is InChI=1S/C12H18BrNO2.ClH/c1-2-7-16-12-4-3-10(8-11(12)13)9-14-5-6-15;/h3-4,8,14-15H,2,5-7,9H2,1H3;1H. The first-order valence-corrected chi connectivity index (χ1v) is 6.30. The zero-order valence-corrected chi connectivity index (χ0v) is 12.3. The lowest BCUT2D eigenvalue weighted by atomic mass is 10.2. The highest BCUT2D eigenvalue weighted by atomic mass is 79.9. The van der Waals surface area contributed by atoms with Gasteiger partial charge in [0.15, 0.2) is 0 Å². The van der Waals surface area contributed by atoms with E-state index in [1.807, 2.05) is 18.2 Å². The van der Waals surface area contributed by atoms with Gasteiger partial charge in [-0.25, -0.2) is 0 Å². The Bertz CT molecular complexity index is 323. The molecule has 0 aliphatic rings. The second-order valence-electron chi connectivity index (χ2n) is 3.51. The van der Waals surface area contributed by atoms with Crippen LogP contribution in [0.3, 0.4) is 0 Å². The fraction of sp³-hybridized carbons (Fsp3) is 0.500. The first kappa shape index (κ1) is 16.7. The summed E-state index contributed by atoms with van der Waals surface area (Å²) < 4.78 is 6.54. The highest BCUT2D eigenvalue weighted by molar-refractivity contribution is 9.10. The Morgan fingerprint density at radius 2 is 2.18 bits per heavy atom. The number of halogens is 2. The SMILES string of the molecule is CCCOc1ccc(CNCCO)cc1Br.Cl. The molecule has 0 heterocycles. The molecule has 1 rings (SSSR count). The van der Waals surface area contributed by atoms with E-state index in [9.17, 15) is 0 Å². The maximum absolute atomic E-state index is 8.65. The van der Waals surface area contributed by atoms with Crippen LogP contribution in [0.25, 0.3) is 0 Å². The van der Waals surface area contributed by atoms with Gasteiger partial charge in [-0.05, 0) is 40.0 Å². The Morgan fingerprint density at radius 1 is 1.41 bits per heavy atom. The molecule has 0 bridgehead atoms. The van der Waals surface area contributed by atoms with Crippen molar-refractivity contribution in [1.29, 1.82) is 0 Å². The van der Waals surface area contributed by atoms with Gasteiger partial charge in [0.25, 0.3) is 0 Å². The van der Waals surface area contributed by atoms with E-state index in [1.54, 1.807) is 0 Å². The summed E-state index contributed by atoms with van der Waals surface area (Å²) in [4.78, 5) is 0. The number of aliphatic hydroxyl groups excluding tert-OH is 1. The van der Waals surface area contributed by atoms with E-state index in [0.717, 1.165) is 29.8 Å². The Hall–Kier alpha value is -0.290. The lowest BCUT2D eigenvalue weighted by Crippen LogP contribution is -2.17. The number of hydrogen-bond donors (Lipinski definition) is 2. The van der Waals surface area contributed by atoms with Crippen LogP contribution in [0.5, 0.6) is 5.75 Å². The zero-order chi connectivity index (χ0) is 11.8. The quantitative estimate of drug-likeness (QED) is 0.758. The van der Waals surface area contributed by atoms with E-state index in [-0.39, 0.29) is 19.0 Å². The third-order valence-corrected chi connectivity index (χ3v) is 2.70. The van der Waals surface area contributed by atoms with E-state index in [2.05, 4.69) is 28.2 Å². The van der Waals surface area contributed by atoms with Crippen molar-refractivity contribution >= 4 is 28.3 Å². The van der Waals surface area contributed by atoms with E-state index < -0.39 is 0 Å². The number of ether oxygens (including phenoxy) is 1. The Morgan fingerprint density at radius 3 is 2.76 bits per heavy atom. The van der Waals surface area contributed by atoms with Crippen molar-refractivity contribution < 1.29 is 9.84 Å². The lowest BCUT2D eigenvalue weighted by molar-refractivity contribution is 0.292. The van der Waals surface area contributed by atoms with Crippen molar-refractivity contribution in [1.82, 2.24) is 5.32 Å². The first-order chi connectivity index (χ1) is 7.77. The summed E-state index contributed by atoms with van der Waals surface area (Å²) in [6.07, 6.45) is 1.01. The molecule has 0 saturated heterocycles. The fourth-order valence-corrected chi connectivity index (χ4v) is 1.84. The fourth-order valence-electron chi connectivity index (χ4n) is 1.30. The molecule has 3 nitrogen and oxygen atoms in total. The number of aliphatic hydroxyl groups is 1. The molecule has 0 radical (unpaired) electrons. The summed E-state index contributed by atoms with van der Waals surface area (Å²) in [5.74, 6) is 0.882. The van der Waals surface area contributed by atoms with Crippen LogP contribution in [-0.2, 0) is 6.54 Å². The number of benzene rings is 1. The largest absolute Gasteiger partial charge is 0.492 e. The minimum absolute atomic E-state index is 0. The average molecular weight is 325 g/mol. The van der Waals surface area contributed by atoms with Gasteiger partial charge in [-0.15, -0.1) is 12.4 Å². The third kappa shape index (κ3) is 6.27. The highest BCUT2D eigenvalue weighted by Crippen LogP contribution is 2.26. The van der Waals surface area contributed by atoms with Crippen molar-refractivity contribution in [2.75, 3.05) is 19.8 Å². The van der Waals surface area contributed by atoms with E-state index in [1.165, 1.54) is 5.56 Å². The molecule has 0 aromatic heterocycles. The predicted molar refractivity (Wildman–Crippen MR) is 76.0 cm³/mol. The van der Waals surface area contributed by atoms with Crippen LogP contribution >= 0.6 is 28.3 Å². The van der Waals surface area contributed by atoms with Crippen molar-refractivity contribution in [2.45, 2.75) is 19.9 Å². The molecule has 1 aromatic carbocycles. The van der Waals surface area contributed by atoms with Gasteiger partial charge < -0.3 is 15.2 Å². The molecule has 0 spiro atoms. The smallest absolute Gasteiger partial charge is 0.133 e. The molecule has 17 heavy (non-hydrogen) atoms. The number of hydrogen-bond acceptors (Lipinski definition) is 3. The molecule has 0 aliphatic carbocycles. The van der Waals surface area contributed by atoms with Crippen molar-refractivity contribution in [2.24, 2.45) is 0 Å². The maximum Gasteiger partial charge on any atom is 0.133 e. The molecular formula is C12H19BrClNO2. The lowest BCUT2D eigenvalue weighted by Gasteiger charge is -2.09. The van der Waals surface area contributed by atoms with Crippen LogP contribution in [-0.4, -0.2) is 24.9 Å². The third-order valence-electron chi connectivity index (χ3n) is 2.08. The van der Waals surface area contributed by atoms with E-state index in [0.29, 0.717) is 6.54 Å². The van der Waals surface area contributed by atoms with Gasteiger partial charge in [0.2, 0.25) is 0 Å². The minimum atomic E-state index is 0. The summed E-state index contributed by atoms with van der Waals surface area (Å²) in [5, 5.41) is 11.8. The van der Waals surface area contributed by atoms with Crippen LogP contribution in [0.15, 0.2) is 22.7 Å². The normalized spacial score (nSPS) is 9.82. The predicted octanol–water partition coefficient (Wildman–Crippen LogP) is 2.74. The zero-order valence-electron chi connectivity index (χ0n) is 9.91. The van der Waals surface area contributed by atoms with Gasteiger partial charge in [0.1, 0.15) is 5.75 Å². The molecule has 0 amide bonds. The second kappa shape index (κ2) is 9.71. The molecule has 0 fully saturated rings. The highest BCUT2D eigenvalue weighted by Gasteiger charge is 2.02. The van der Waals surface area contributed by atoms with Gasteiger partial charge in [-0.3, -0.25) is 0 Å². The molecule has 5 heteroatoms. The molecule has 2 N–H and O–H groups in total. The summed E-state index contributed by atoms with van der Waals surface area (Å²) in [6, 6.07) is 6.03.